The Bertz CT molecular complexity index is 1150. The van der Waals surface area contributed by atoms with Crippen LogP contribution >= 0.6 is 11.8 Å². The number of aromatic amines is 1. The van der Waals surface area contributed by atoms with Gasteiger partial charge in [-0.3, -0.25) is 14.6 Å². The third kappa shape index (κ3) is 4.85. The van der Waals surface area contributed by atoms with Crippen LogP contribution in [-0.2, 0) is 16.0 Å². The van der Waals surface area contributed by atoms with Crippen molar-refractivity contribution in [2.45, 2.75) is 37.6 Å². The van der Waals surface area contributed by atoms with E-state index in [0.717, 1.165) is 30.6 Å². The maximum Gasteiger partial charge on any atom is 0.417 e. The summed E-state index contributed by atoms with van der Waals surface area (Å²) in [5, 5.41) is 5.84. The fraction of sp³-hybridized carbons (Fsp3) is 0.348. The van der Waals surface area contributed by atoms with Crippen LogP contribution in [0.2, 0.25) is 0 Å². The molecule has 31 heavy (non-hydrogen) atoms. The maximum atomic E-state index is 13.1. The minimum Gasteiger partial charge on any atom is -0.408 e. The van der Waals surface area contributed by atoms with E-state index >= 15 is 0 Å². The van der Waals surface area contributed by atoms with Crippen molar-refractivity contribution in [1.29, 1.82) is 0 Å². The number of carbonyl (C=O) groups is 2. The monoisotopic (exact) mass is 439 g/mol. The number of amides is 2. The van der Waals surface area contributed by atoms with E-state index in [-0.39, 0.29) is 17.7 Å². The fourth-order valence-corrected chi connectivity index (χ4v) is 4.53. The number of thioether (sulfide) groups is 1. The molecule has 0 spiro atoms. The van der Waals surface area contributed by atoms with Crippen LogP contribution in [-0.4, -0.2) is 34.8 Å². The third-order valence-corrected chi connectivity index (χ3v) is 6.26. The first-order chi connectivity index (χ1) is 15.0. The number of fused-ring (bicyclic) bond motifs is 2. The zero-order chi connectivity index (χ0) is 21.8. The van der Waals surface area contributed by atoms with Gasteiger partial charge < -0.3 is 15.1 Å². The summed E-state index contributed by atoms with van der Waals surface area (Å²) in [6.45, 7) is 0. The lowest BCUT2D eigenvalue weighted by atomic mass is 9.82. The van der Waals surface area contributed by atoms with Crippen molar-refractivity contribution >= 4 is 40.4 Å². The lowest BCUT2D eigenvalue weighted by molar-refractivity contribution is -0.127. The summed E-state index contributed by atoms with van der Waals surface area (Å²) in [5.41, 5.74) is 3.73. The van der Waals surface area contributed by atoms with E-state index in [2.05, 4.69) is 21.7 Å². The largest absolute Gasteiger partial charge is 0.417 e. The number of nitrogens with one attached hydrogen (secondary N) is 3. The number of aryl methyl sites for hydroxylation is 1. The molecule has 0 bridgehead atoms. The van der Waals surface area contributed by atoms with E-state index < -0.39 is 11.8 Å². The normalized spacial score (nSPS) is 16.5. The van der Waals surface area contributed by atoms with Crippen LogP contribution in [0.25, 0.3) is 11.1 Å². The van der Waals surface area contributed by atoms with Gasteiger partial charge in [0.1, 0.15) is 6.04 Å². The molecule has 2 aromatic carbocycles. The number of hydrogen-bond donors (Lipinski definition) is 3. The van der Waals surface area contributed by atoms with Crippen molar-refractivity contribution < 1.29 is 14.0 Å². The van der Waals surface area contributed by atoms with Gasteiger partial charge in [0.05, 0.1) is 11.4 Å². The van der Waals surface area contributed by atoms with Gasteiger partial charge in [-0.05, 0) is 67.0 Å². The van der Waals surface area contributed by atoms with Crippen LogP contribution < -0.4 is 16.4 Å². The number of hydrogen-bond acceptors (Lipinski definition) is 5. The highest BCUT2D eigenvalue weighted by molar-refractivity contribution is 7.98. The molecule has 0 saturated heterocycles. The molecule has 1 aromatic heterocycles. The maximum absolute atomic E-state index is 13.1. The van der Waals surface area contributed by atoms with Gasteiger partial charge in [-0.25, -0.2) is 4.79 Å². The van der Waals surface area contributed by atoms with Gasteiger partial charge in [-0.15, -0.1) is 0 Å². The number of oxazole rings is 1. The van der Waals surface area contributed by atoms with Crippen LogP contribution in [0, 0.1) is 0 Å². The molecular formula is C23H25N3O4S. The fourth-order valence-electron chi connectivity index (χ4n) is 4.06. The highest BCUT2D eigenvalue weighted by Gasteiger charge is 2.29. The Morgan fingerprint density at radius 2 is 2.10 bits per heavy atom. The number of aromatic nitrogens is 1. The molecule has 0 aliphatic heterocycles. The zero-order valence-corrected chi connectivity index (χ0v) is 18.1. The number of carbonyl (C=O) groups excluding carboxylic acids is 2. The van der Waals surface area contributed by atoms with Crippen molar-refractivity contribution in [2.24, 2.45) is 0 Å². The van der Waals surface area contributed by atoms with Crippen molar-refractivity contribution in [2.75, 3.05) is 17.3 Å². The molecule has 8 heteroatoms. The highest BCUT2D eigenvalue weighted by Crippen LogP contribution is 2.31. The topological polar surface area (TPSA) is 104 Å². The van der Waals surface area contributed by atoms with Gasteiger partial charge >= 0.3 is 5.76 Å². The molecule has 0 saturated carbocycles. The minimum absolute atomic E-state index is 0.108. The van der Waals surface area contributed by atoms with Gasteiger partial charge in [-0.1, -0.05) is 24.3 Å². The zero-order valence-electron chi connectivity index (χ0n) is 17.3. The highest BCUT2D eigenvalue weighted by atomic mass is 32.2. The van der Waals surface area contributed by atoms with Crippen molar-refractivity contribution in [1.82, 2.24) is 10.3 Å². The van der Waals surface area contributed by atoms with Crippen LogP contribution in [0.3, 0.4) is 0 Å². The quantitative estimate of drug-likeness (QED) is 0.523. The third-order valence-electron chi connectivity index (χ3n) is 5.62. The second-order valence-electron chi connectivity index (χ2n) is 7.70. The molecule has 2 atom stereocenters. The average Bonchev–Trinajstić information content (AvgIpc) is 3.15. The first-order valence-corrected chi connectivity index (χ1v) is 11.8. The Morgan fingerprint density at radius 1 is 1.26 bits per heavy atom. The number of benzene rings is 2. The van der Waals surface area contributed by atoms with Crippen LogP contribution in [0.5, 0.6) is 0 Å². The Hall–Kier alpha value is -3.00. The van der Waals surface area contributed by atoms with Crippen LogP contribution in [0.4, 0.5) is 5.69 Å². The van der Waals surface area contributed by atoms with Gasteiger partial charge in [-0.2, -0.15) is 11.8 Å². The molecule has 0 fully saturated rings. The molecular weight excluding hydrogens is 414 g/mol. The molecule has 1 aliphatic carbocycles. The second-order valence-corrected chi connectivity index (χ2v) is 8.69. The van der Waals surface area contributed by atoms with Crippen LogP contribution in [0.15, 0.2) is 51.7 Å². The average molecular weight is 440 g/mol. The first kappa shape index (κ1) is 21.2. The number of anilines is 1. The molecule has 7 nitrogen and oxygen atoms in total. The summed E-state index contributed by atoms with van der Waals surface area (Å²) in [4.78, 5) is 40.0. The van der Waals surface area contributed by atoms with E-state index in [1.165, 1.54) is 5.56 Å². The lowest BCUT2D eigenvalue weighted by Gasteiger charge is -2.27. The van der Waals surface area contributed by atoms with E-state index in [0.29, 0.717) is 23.2 Å². The number of H-pyrrole nitrogens is 1. The van der Waals surface area contributed by atoms with E-state index in [1.54, 1.807) is 30.0 Å². The standard InChI is InChI=1S/C23H25N3O4S/c1-31-12-11-18(22(28)24-15-9-10-20-19(13-15)26-23(29)30-20)25-21(27)17-8-4-6-14-5-2-3-7-16(14)17/h2-3,5,7,9-10,13,17-18H,4,6,8,11-12H2,1H3,(H,24,28)(H,25,27)(H,26,29). The van der Waals surface area contributed by atoms with Gasteiger partial charge in [0.25, 0.3) is 0 Å². The molecule has 2 unspecified atom stereocenters. The molecule has 3 N–H and O–H groups in total. The number of rotatable bonds is 7. The second kappa shape index (κ2) is 9.43. The smallest absolute Gasteiger partial charge is 0.408 e. The van der Waals surface area contributed by atoms with E-state index in [9.17, 15) is 14.4 Å². The van der Waals surface area contributed by atoms with Gasteiger partial charge in [0, 0.05) is 5.69 Å². The molecule has 162 valence electrons. The van der Waals surface area contributed by atoms with E-state index in [4.69, 9.17) is 4.42 Å². The molecule has 1 aliphatic rings. The van der Waals surface area contributed by atoms with Crippen molar-refractivity contribution in [3.8, 4) is 0 Å². The summed E-state index contributed by atoms with van der Waals surface area (Å²) >= 11 is 1.63. The van der Waals surface area contributed by atoms with Gasteiger partial charge in [0.15, 0.2) is 5.58 Å². The molecule has 2 amide bonds. The van der Waals surface area contributed by atoms with Crippen molar-refractivity contribution in [3.05, 3.63) is 64.1 Å². The predicted octanol–water partition coefficient (Wildman–Crippen LogP) is 3.42. The summed E-state index contributed by atoms with van der Waals surface area (Å²) in [5.74, 6) is -0.425. The van der Waals surface area contributed by atoms with E-state index in [1.807, 2.05) is 24.5 Å². The molecule has 1 heterocycles. The Kier molecular flexibility index (Phi) is 6.46. The molecule has 4 rings (SSSR count). The first-order valence-electron chi connectivity index (χ1n) is 10.4. The molecule has 3 aromatic rings. The van der Waals surface area contributed by atoms with Crippen LogP contribution in [0.1, 0.15) is 36.3 Å². The van der Waals surface area contributed by atoms with Gasteiger partial charge in [0.2, 0.25) is 11.8 Å². The Balaban J connectivity index is 1.49. The molecule has 0 radical (unpaired) electrons. The lowest BCUT2D eigenvalue weighted by Crippen LogP contribution is -2.46. The summed E-state index contributed by atoms with van der Waals surface area (Å²) in [7, 11) is 0. The predicted molar refractivity (Wildman–Crippen MR) is 123 cm³/mol. The SMILES string of the molecule is CSCCC(NC(=O)C1CCCc2ccccc21)C(=O)Nc1ccc2oc(=O)[nH]c2c1. The summed E-state index contributed by atoms with van der Waals surface area (Å²) in [6, 6.07) is 12.3. The Morgan fingerprint density at radius 3 is 2.94 bits per heavy atom. The Labute approximate surface area is 184 Å². The van der Waals surface area contributed by atoms with Crippen molar-refractivity contribution in [3.63, 3.8) is 0 Å². The summed E-state index contributed by atoms with van der Waals surface area (Å²) in [6.07, 6.45) is 5.22. The summed E-state index contributed by atoms with van der Waals surface area (Å²) < 4.78 is 4.99. The minimum atomic E-state index is -0.645.